The van der Waals surface area contributed by atoms with Gasteiger partial charge in [0.25, 0.3) is 5.70 Å². The van der Waals surface area contributed by atoms with Crippen LogP contribution < -0.4 is 0 Å². The Labute approximate surface area is 85.9 Å². The number of nitrogens with one attached hydrogen (secondary N) is 1. The van der Waals surface area contributed by atoms with Gasteiger partial charge in [-0.2, -0.15) is 0 Å². The lowest BCUT2D eigenvalue weighted by molar-refractivity contribution is -0.419. The summed E-state index contributed by atoms with van der Waals surface area (Å²) in [4.78, 5) is 21.0. The van der Waals surface area contributed by atoms with Gasteiger partial charge in [-0.25, -0.2) is 0 Å². The molecule has 6 nitrogen and oxygen atoms in total. The van der Waals surface area contributed by atoms with Gasteiger partial charge in [-0.15, -0.1) is 0 Å². The van der Waals surface area contributed by atoms with Crippen molar-refractivity contribution in [3.8, 4) is 0 Å². The van der Waals surface area contributed by atoms with E-state index in [-0.39, 0.29) is 18.0 Å². The Morgan fingerprint density at radius 1 is 1.73 bits per heavy atom. The van der Waals surface area contributed by atoms with Crippen LogP contribution in [-0.4, -0.2) is 23.2 Å². The highest BCUT2D eigenvalue weighted by Gasteiger charge is 2.26. The summed E-state index contributed by atoms with van der Waals surface area (Å²) in [7, 11) is 0. The molecule has 1 aliphatic carbocycles. The van der Waals surface area contributed by atoms with Crippen molar-refractivity contribution in [2.75, 3.05) is 6.61 Å². The topological polar surface area (TPSA) is 93.3 Å². The van der Waals surface area contributed by atoms with Gasteiger partial charge in [0.05, 0.1) is 17.2 Å². The molecule has 1 rings (SSSR count). The van der Waals surface area contributed by atoms with Crippen molar-refractivity contribution < 1.29 is 14.5 Å². The fourth-order valence-corrected chi connectivity index (χ4v) is 1.15. The first-order valence-corrected chi connectivity index (χ1v) is 4.35. The number of rotatable bonds is 3. The number of ether oxygens (including phenoxy) is 1. The first-order valence-electron chi connectivity index (χ1n) is 4.35. The Kier molecular flexibility index (Phi) is 3.33. The fourth-order valence-electron chi connectivity index (χ4n) is 1.15. The van der Waals surface area contributed by atoms with Crippen molar-refractivity contribution in [3.05, 3.63) is 34.0 Å². The summed E-state index contributed by atoms with van der Waals surface area (Å²) < 4.78 is 4.72. The Balaban J connectivity index is 2.78. The van der Waals surface area contributed by atoms with Gasteiger partial charge in [0, 0.05) is 12.2 Å². The summed E-state index contributed by atoms with van der Waals surface area (Å²) in [6.07, 6.45) is 3.57. The second-order valence-corrected chi connectivity index (χ2v) is 2.87. The highest BCUT2D eigenvalue weighted by molar-refractivity contribution is 6.09. The van der Waals surface area contributed by atoms with Crippen molar-refractivity contribution in [2.45, 2.75) is 6.92 Å². The van der Waals surface area contributed by atoms with Gasteiger partial charge in [0.15, 0.2) is 0 Å². The molecule has 0 aromatic rings. The van der Waals surface area contributed by atoms with Crippen molar-refractivity contribution in [1.29, 1.82) is 5.41 Å². The number of esters is 1. The minimum Gasteiger partial charge on any atom is -0.465 e. The molecule has 1 aliphatic rings. The molecule has 1 atom stereocenters. The molecule has 0 saturated heterocycles. The van der Waals surface area contributed by atoms with Gasteiger partial charge >= 0.3 is 5.97 Å². The number of carbonyl (C=O) groups is 1. The number of hydrogen-bond acceptors (Lipinski definition) is 5. The minimum atomic E-state index is -0.825. The number of carbonyl (C=O) groups excluding carboxylic acids is 1. The Bertz CT molecular complexity index is 370. The van der Waals surface area contributed by atoms with E-state index < -0.39 is 16.8 Å². The van der Waals surface area contributed by atoms with Crippen LogP contribution in [0.3, 0.4) is 0 Å². The molecule has 1 N–H and O–H groups in total. The van der Waals surface area contributed by atoms with Crippen LogP contribution in [0, 0.1) is 21.4 Å². The van der Waals surface area contributed by atoms with Crippen LogP contribution in [0.1, 0.15) is 6.92 Å². The minimum absolute atomic E-state index is 0.123. The molecule has 0 saturated carbocycles. The third kappa shape index (κ3) is 2.49. The van der Waals surface area contributed by atoms with Gasteiger partial charge in [-0.1, -0.05) is 6.08 Å². The van der Waals surface area contributed by atoms with E-state index in [1.54, 1.807) is 6.92 Å². The predicted molar refractivity (Wildman–Crippen MR) is 52.1 cm³/mol. The maximum atomic E-state index is 11.3. The monoisotopic (exact) mass is 210 g/mol. The van der Waals surface area contributed by atoms with E-state index in [9.17, 15) is 14.9 Å². The average Bonchev–Trinajstić information content (AvgIpc) is 2.17. The number of nitrogens with zero attached hydrogens (tertiary/aromatic N) is 1. The second-order valence-electron chi connectivity index (χ2n) is 2.87. The first-order chi connectivity index (χ1) is 7.06. The van der Waals surface area contributed by atoms with E-state index in [1.807, 2.05) is 0 Å². The van der Waals surface area contributed by atoms with Crippen molar-refractivity contribution in [3.63, 3.8) is 0 Å². The summed E-state index contributed by atoms with van der Waals surface area (Å²) in [5, 5.41) is 17.8. The molecular weight excluding hydrogens is 200 g/mol. The second kappa shape index (κ2) is 4.50. The Morgan fingerprint density at radius 2 is 2.40 bits per heavy atom. The van der Waals surface area contributed by atoms with Crippen LogP contribution in [0.15, 0.2) is 23.9 Å². The molecule has 0 radical (unpaired) electrons. The standard InChI is InChI=1S/C9H10N2O4/c1-2-15-9(12)7-4-3-6(11(13)14)5-8(7)10/h3-5,7,10H,2H2,1H3. The normalized spacial score (nSPS) is 19.7. The Morgan fingerprint density at radius 3 is 2.87 bits per heavy atom. The molecule has 1 unspecified atom stereocenters. The van der Waals surface area contributed by atoms with E-state index in [0.29, 0.717) is 0 Å². The predicted octanol–water partition coefficient (Wildman–Crippen LogP) is 0.916. The SMILES string of the molecule is CCOC(=O)C1C=CC([N+](=O)[O-])=CC1=N. The highest BCUT2D eigenvalue weighted by atomic mass is 16.6. The third-order valence-electron chi connectivity index (χ3n) is 1.85. The van der Waals surface area contributed by atoms with Crippen LogP contribution in [0.25, 0.3) is 0 Å². The zero-order valence-electron chi connectivity index (χ0n) is 8.10. The summed E-state index contributed by atoms with van der Waals surface area (Å²) >= 11 is 0. The van der Waals surface area contributed by atoms with Crippen LogP contribution in [0.4, 0.5) is 0 Å². The average molecular weight is 210 g/mol. The van der Waals surface area contributed by atoms with E-state index in [1.165, 1.54) is 12.2 Å². The molecule has 0 aliphatic heterocycles. The molecule has 0 spiro atoms. The lowest BCUT2D eigenvalue weighted by Crippen LogP contribution is -2.25. The molecule has 80 valence electrons. The van der Waals surface area contributed by atoms with E-state index in [4.69, 9.17) is 10.1 Å². The zero-order valence-corrected chi connectivity index (χ0v) is 8.10. The van der Waals surface area contributed by atoms with Gasteiger partial charge in [0.1, 0.15) is 5.92 Å². The molecule has 0 aromatic carbocycles. The van der Waals surface area contributed by atoms with Gasteiger partial charge < -0.3 is 10.1 Å². The number of allylic oxidation sites excluding steroid dienone is 2. The van der Waals surface area contributed by atoms with Crippen molar-refractivity contribution in [2.24, 2.45) is 5.92 Å². The van der Waals surface area contributed by atoms with Gasteiger partial charge in [-0.05, 0) is 6.92 Å². The first kappa shape index (κ1) is 11.1. The van der Waals surface area contributed by atoms with Crippen LogP contribution in [0.2, 0.25) is 0 Å². The molecule has 6 heteroatoms. The summed E-state index contributed by atoms with van der Waals surface area (Å²) in [5.41, 5.74) is -0.316. The number of nitro groups is 1. The fraction of sp³-hybridized carbons (Fsp3) is 0.333. The molecule has 15 heavy (non-hydrogen) atoms. The zero-order chi connectivity index (χ0) is 11.4. The van der Waals surface area contributed by atoms with Crippen molar-refractivity contribution >= 4 is 11.7 Å². The third-order valence-corrected chi connectivity index (χ3v) is 1.85. The molecule has 0 amide bonds. The lowest BCUT2D eigenvalue weighted by atomic mass is 9.97. The maximum Gasteiger partial charge on any atom is 0.318 e. The van der Waals surface area contributed by atoms with E-state index >= 15 is 0 Å². The van der Waals surface area contributed by atoms with Crippen LogP contribution >= 0.6 is 0 Å². The largest absolute Gasteiger partial charge is 0.465 e. The molecular formula is C9H10N2O4. The smallest absolute Gasteiger partial charge is 0.318 e. The molecule has 0 bridgehead atoms. The Hall–Kier alpha value is -1.98. The highest BCUT2D eigenvalue weighted by Crippen LogP contribution is 2.15. The summed E-state index contributed by atoms with van der Waals surface area (Å²) in [5.74, 6) is -1.38. The maximum absolute atomic E-state index is 11.3. The summed E-state index contributed by atoms with van der Waals surface area (Å²) in [6, 6.07) is 0. The number of hydrogen-bond donors (Lipinski definition) is 1. The van der Waals surface area contributed by atoms with Gasteiger partial charge in [0.2, 0.25) is 0 Å². The summed E-state index contributed by atoms with van der Waals surface area (Å²) in [6.45, 7) is 1.88. The van der Waals surface area contributed by atoms with Crippen LogP contribution in [-0.2, 0) is 9.53 Å². The quantitative estimate of drug-likeness (QED) is 0.425. The lowest BCUT2D eigenvalue weighted by Gasteiger charge is -2.12. The van der Waals surface area contributed by atoms with E-state index in [0.717, 1.165) is 6.08 Å². The van der Waals surface area contributed by atoms with Gasteiger partial charge in [-0.3, -0.25) is 14.9 Å². The van der Waals surface area contributed by atoms with Crippen LogP contribution in [0.5, 0.6) is 0 Å². The molecule has 0 aromatic heterocycles. The van der Waals surface area contributed by atoms with E-state index in [2.05, 4.69) is 0 Å². The van der Waals surface area contributed by atoms with Crippen molar-refractivity contribution in [1.82, 2.24) is 0 Å². The molecule has 0 fully saturated rings. The molecule has 0 heterocycles.